The van der Waals surface area contributed by atoms with Gasteiger partial charge >= 0.3 is 0 Å². The maximum absolute atomic E-state index is 2.51. The molecule has 0 atom stereocenters. The molecule has 0 spiro atoms. The summed E-state index contributed by atoms with van der Waals surface area (Å²) in [7, 11) is 2.17. The van der Waals surface area contributed by atoms with Crippen molar-refractivity contribution < 1.29 is 4.57 Å². The maximum atomic E-state index is 2.51. The van der Waals surface area contributed by atoms with Gasteiger partial charge in [0.25, 0.3) is 0 Å². The fourth-order valence-corrected chi connectivity index (χ4v) is 7.30. The second kappa shape index (κ2) is 9.42. The van der Waals surface area contributed by atoms with Crippen LogP contribution in [0.1, 0.15) is 5.56 Å². The van der Waals surface area contributed by atoms with Crippen molar-refractivity contribution in [2.75, 3.05) is 0 Å². The smallest absolute Gasteiger partial charge is 0.237 e. The third kappa shape index (κ3) is 3.47. The van der Waals surface area contributed by atoms with Crippen molar-refractivity contribution in [3.05, 3.63) is 151 Å². The Bertz CT molecular complexity index is 2550. The van der Waals surface area contributed by atoms with E-state index in [9.17, 15) is 0 Å². The molecule has 0 aliphatic carbocycles. The highest BCUT2D eigenvalue weighted by Crippen LogP contribution is 2.44. The van der Waals surface area contributed by atoms with Gasteiger partial charge in [0.1, 0.15) is 12.6 Å². The van der Waals surface area contributed by atoms with E-state index in [0.29, 0.717) is 0 Å². The molecule has 0 unspecified atom stereocenters. The topological polar surface area (TPSA) is 13.7 Å². The molecule has 44 heavy (non-hydrogen) atoms. The van der Waals surface area contributed by atoms with Gasteiger partial charge in [-0.2, -0.15) is 4.57 Å². The van der Waals surface area contributed by atoms with E-state index in [1.807, 2.05) is 0 Å². The molecule has 6 aromatic carbocycles. The van der Waals surface area contributed by atoms with Gasteiger partial charge in [-0.3, -0.25) is 0 Å². The van der Waals surface area contributed by atoms with Gasteiger partial charge in [-0.25, -0.2) is 0 Å². The predicted molar refractivity (Wildman–Crippen MR) is 184 cm³/mol. The van der Waals surface area contributed by atoms with Crippen LogP contribution in [0.5, 0.6) is 0 Å². The number of nitrogens with zero attached hydrogens (tertiary/aromatic N) is 3. The summed E-state index contributed by atoms with van der Waals surface area (Å²) in [6.45, 7) is 2.24. The summed E-state index contributed by atoms with van der Waals surface area (Å²) in [5.74, 6) is 0. The lowest BCUT2D eigenvalue weighted by Crippen LogP contribution is -2.31. The molecule has 208 valence electrons. The predicted octanol–water partition coefficient (Wildman–Crippen LogP) is 9.83. The number of rotatable bonds is 3. The zero-order valence-corrected chi connectivity index (χ0v) is 24.7. The number of hydrogen-bond donors (Lipinski definition) is 0. The molecule has 0 N–H and O–H groups in total. The van der Waals surface area contributed by atoms with Gasteiger partial charge in [-0.15, -0.1) is 0 Å². The highest BCUT2D eigenvalue weighted by atomic mass is 15.0. The molecule has 9 rings (SSSR count). The second-order valence-corrected chi connectivity index (χ2v) is 11.8. The van der Waals surface area contributed by atoms with Crippen LogP contribution in [-0.2, 0) is 7.05 Å². The molecule has 0 aliphatic rings. The largest absolute Gasteiger partial charge is 0.309 e. The van der Waals surface area contributed by atoms with E-state index < -0.39 is 0 Å². The zero-order valence-electron chi connectivity index (χ0n) is 24.7. The highest BCUT2D eigenvalue weighted by Gasteiger charge is 2.27. The summed E-state index contributed by atoms with van der Waals surface area (Å²) in [5, 5.41) is 7.55. The minimum atomic E-state index is 1.16. The summed E-state index contributed by atoms with van der Waals surface area (Å²) in [6, 6.07) is 50.7. The first-order valence-electron chi connectivity index (χ1n) is 15.2. The first-order chi connectivity index (χ1) is 21.7. The van der Waals surface area contributed by atoms with Gasteiger partial charge in [-0.05, 0) is 65.7 Å². The fraction of sp³-hybridized carbons (Fsp3) is 0.0488. The Morgan fingerprint density at radius 3 is 1.86 bits per heavy atom. The molecule has 0 amide bonds. The Morgan fingerprint density at radius 1 is 0.500 bits per heavy atom. The van der Waals surface area contributed by atoms with E-state index >= 15 is 0 Å². The van der Waals surface area contributed by atoms with E-state index in [1.54, 1.807) is 0 Å². The van der Waals surface area contributed by atoms with E-state index in [2.05, 4.69) is 173 Å². The third-order valence-electron chi connectivity index (χ3n) is 9.22. The highest BCUT2D eigenvalue weighted by molar-refractivity contribution is 6.27. The summed E-state index contributed by atoms with van der Waals surface area (Å²) in [6.07, 6.45) is 2.22. The Hall–Kier alpha value is -5.67. The number of para-hydroxylation sites is 3. The van der Waals surface area contributed by atoms with Crippen LogP contribution in [0, 0.1) is 6.92 Å². The molecule has 0 saturated heterocycles. The normalized spacial score (nSPS) is 11.9. The summed E-state index contributed by atoms with van der Waals surface area (Å²) in [5.41, 5.74) is 10.9. The molecule has 0 radical (unpaired) electrons. The number of hydrogen-bond acceptors (Lipinski definition) is 0. The molecular weight excluding hydrogens is 534 g/mol. The van der Waals surface area contributed by atoms with E-state index in [1.165, 1.54) is 76.9 Å². The lowest BCUT2D eigenvalue weighted by molar-refractivity contribution is -0.659. The molecule has 3 nitrogen and oxygen atoms in total. The monoisotopic (exact) mass is 564 g/mol. The van der Waals surface area contributed by atoms with Gasteiger partial charge in [0.05, 0.1) is 22.1 Å². The number of fused-ring (bicyclic) bond motifs is 8. The summed E-state index contributed by atoms with van der Waals surface area (Å²) >= 11 is 0. The van der Waals surface area contributed by atoms with E-state index in [0.717, 1.165) is 5.69 Å². The fourth-order valence-electron chi connectivity index (χ4n) is 7.30. The van der Waals surface area contributed by atoms with Crippen molar-refractivity contribution in [1.82, 2.24) is 9.13 Å². The second-order valence-electron chi connectivity index (χ2n) is 11.8. The van der Waals surface area contributed by atoms with Gasteiger partial charge in [0.15, 0.2) is 6.20 Å². The molecular formula is C41H30N3+. The summed E-state index contributed by atoms with van der Waals surface area (Å²) in [4.78, 5) is 0. The average molecular weight is 565 g/mol. The molecule has 0 fully saturated rings. The van der Waals surface area contributed by atoms with Crippen LogP contribution in [0.4, 0.5) is 0 Å². The first-order valence-corrected chi connectivity index (χ1v) is 15.2. The lowest BCUT2D eigenvalue weighted by atomic mass is 9.98. The van der Waals surface area contributed by atoms with Crippen LogP contribution in [0.25, 0.3) is 77.0 Å². The van der Waals surface area contributed by atoms with Gasteiger partial charge in [0, 0.05) is 39.0 Å². The van der Waals surface area contributed by atoms with Crippen LogP contribution in [0.2, 0.25) is 0 Å². The van der Waals surface area contributed by atoms with E-state index in [4.69, 9.17) is 0 Å². The van der Waals surface area contributed by atoms with Crippen molar-refractivity contribution in [3.63, 3.8) is 0 Å². The van der Waals surface area contributed by atoms with E-state index in [-0.39, 0.29) is 0 Å². The molecule has 0 aliphatic heterocycles. The minimum absolute atomic E-state index is 1.16. The van der Waals surface area contributed by atoms with Crippen LogP contribution in [0.15, 0.2) is 146 Å². The van der Waals surface area contributed by atoms with Crippen molar-refractivity contribution in [2.24, 2.45) is 7.05 Å². The molecule has 3 aromatic heterocycles. The third-order valence-corrected chi connectivity index (χ3v) is 9.22. The molecule has 0 bridgehead atoms. The Morgan fingerprint density at radius 2 is 1.11 bits per heavy atom. The average Bonchev–Trinajstić information content (AvgIpc) is 3.58. The molecule has 3 heterocycles. The zero-order chi connectivity index (χ0) is 29.4. The molecule has 3 heteroatoms. The SMILES string of the molecule is Cc1cc2ccccc2cc1-c1c2c(cc[n+]1C)c1ccc3c(c4ccccc4n3-c3ccccc3)c1n2-c1ccccc1. The lowest BCUT2D eigenvalue weighted by Gasteiger charge is -2.13. The van der Waals surface area contributed by atoms with Gasteiger partial charge in [-0.1, -0.05) is 91.0 Å². The van der Waals surface area contributed by atoms with Crippen LogP contribution < -0.4 is 4.57 Å². The number of aryl methyl sites for hydroxylation is 2. The van der Waals surface area contributed by atoms with Gasteiger partial charge < -0.3 is 9.13 Å². The first kappa shape index (κ1) is 24.9. The number of benzene rings is 6. The number of aromatic nitrogens is 3. The van der Waals surface area contributed by atoms with Crippen molar-refractivity contribution in [2.45, 2.75) is 6.92 Å². The Balaban J connectivity index is 1.52. The maximum Gasteiger partial charge on any atom is 0.237 e. The van der Waals surface area contributed by atoms with Crippen molar-refractivity contribution >= 4 is 54.4 Å². The molecule has 0 saturated carbocycles. The van der Waals surface area contributed by atoms with Crippen LogP contribution in [0.3, 0.4) is 0 Å². The van der Waals surface area contributed by atoms with Crippen LogP contribution in [-0.4, -0.2) is 9.13 Å². The Labute approximate surface area is 255 Å². The Kier molecular flexibility index (Phi) is 5.33. The van der Waals surface area contributed by atoms with Crippen molar-refractivity contribution in [1.29, 1.82) is 0 Å². The van der Waals surface area contributed by atoms with Crippen LogP contribution >= 0.6 is 0 Å². The number of pyridine rings is 1. The standard InChI is InChI=1S/C41H30N3/c1-27-25-28-13-9-10-14-29(28)26-35(27)40-41-33(23-24-42(40)2)32-21-22-37-38(39(32)44(41)31-17-7-4-8-18-31)34-19-11-12-20-36(34)43(37)30-15-5-3-6-16-30/h3-26H,1-2H3/q+1. The summed E-state index contributed by atoms with van der Waals surface area (Å²) < 4.78 is 7.21. The van der Waals surface area contributed by atoms with Gasteiger partial charge in [0.2, 0.25) is 5.69 Å². The molecule has 9 aromatic rings. The van der Waals surface area contributed by atoms with Crippen molar-refractivity contribution in [3.8, 4) is 22.6 Å². The quantitative estimate of drug-likeness (QED) is 0.190. The minimum Gasteiger partial charge on any atom is -0.309 e.